The van der Waals surface area contributed by atoms with Gasteiger partial charge in [-0.1, -0.05) is 12.8 Å². The van der Waals surface area contributed by atoms with Gasteiger partial charge in [-0.05, 0) is 57.0 Å². The molecular formula is C13H24O2S. The summed E-state index contributed by atoms with van der Waals surface area (Å²) in [5.41, 5.74) is -0.548. The second-order valence-electron chi connectivity index (χ2n) is 5.52. The van der Waals surface area contributed by atoms with Gasteiger partial charge in [0.15, 0.2) is 0 Å². The Kier molecular flexibility index (Phi) is 5.67. The Morgan fingerprint density at radius 1 is 1.38 bits per heavy atom. The molecular weight excluding hydrogens is 220 g/mol. The fraction of sp³-hybridized carbons (Fsp3) is 0.923. The fourth-order valence-corrected chi connectivity index (χ4v) is 3.33. The minimum Gasteiger partial charge on any atom is -0.481 e. The highest BCUT2D eigenvalue weighted by Crippen LogP contribution is 2.29. The molecule has 94 valence electrons. The van der Waals surface area contributed by atoms with Crippen molar-refractivity contribution in [2.75, 3.05) is 11.5 Å². The fourth-order valence-electron chi connectivity index (χ4n) is 2.15. The number of carboxylic acid groups (broad SMARTS) is 1. The van der Waals surface area contributed by atoms with E-state index in [1.54, 1.807) is 0 Å². The van der Waals surface area contributed by atoms with Crippen LogP contribution in [-0.2, 0) is 4.79 Å². The van der Waals surface area contributed by atoms with Crippen LogP contribution >= 0.6 is 11.8 Å². The van der Waals surface area contributed by atoms with E-state index in [1.807, 2.05) is 25.6 Å². The first-order valence-electron chi connectivity index (χ1n) is 6.33. The zero-order valence-electron chi connectivity index (χ0n) is 10.5. The highest BCUT2D eigenvalue weighted by molar-refractivity contribution is 7.99. The van der Waals surface area contributed by atoms with E-state index >= 15 is 0 Å². The molecule has 1 saturated carbocycles. The maximum Gasteiger partial charge on any atom is 0.309 e. The van der Waals surface area contributed by atoms with E-state index in [1.165, 1.54) is 31.4 Å². The van der Waals surface area contributed by atoms with Gasteiger partial charge in [0.25, 0.3) is 0 Å². The summed E-state index contributed by atoms with van der Waals surface area (Å²) < 4.78 is 0. The van der Waals surface area contributed by atoms with Gasteiger partial charge in [-0.25, -0.2) is 0 Å². The third kappa shape index (κ3) is 4.77. The van der Waals surface area contributed by atoms with Crippen molar-refractivity contribution in [3.8, 4) is 0 Å². The minimum absolute atomic E-state index is 0.548. The van der Waals surface area contributed by atoms with Gasteiger partial charge in [0.05, 0.1) is 5.41 Å². The Morgan fingerprint density at radius 3 is 2.56 bits per heavy atom. The summed E-state index contributed by atoms with van der Waals surface area (Å²) in [6.45, 7) is 3.63. The molecule has 0 spiro atoms. The predicted octanol–water partition coefficient (Wildman–Crippen LogP) is 3.80. The standard InChI is InChI=1S/C13H24O2S/c1-13(2,12(14)15)8-5-9-16-10-11-6-3-4-7-11/h11H,3-10H2,1-2H3,(H,14,15). The Morgan fingerprint density at radius 2 is 2.00 bits per heavy atom. The zero-order valence-corrected chi connectivity index (χ0v) is 11.3. The molecule has 1 rings (SSSR count). The summed E-state index contributed by atoms with van der Waals surface area (Å²) in [6, 6.07) is 0. The van der Waals surface area contributed by atoms with Crippen LogP contribution in [-0.4, -0.2) is 22.6 Å². The molecule has 1 aliphatic rings. The second-order valence-corrected chi connectivity index (χ2v) is 6.67. The summed E-state index contributed by atoms with van der Waals surface area (Å²) in [5, 5.41) is 8.96. The third-order valence-electron chi connectivity index (χ3n) is 3.50. The first kappa shape index (κ1) is 13.9. The first-order chi connectivity index (χ1) is 7.52. The highest BCUT2D eigenvalue weighted by Gasteiger charge is 2.26. The van der Waals surface area contributed by atoms with Crippen molar-refractivity contribution < 1.29 is 9.90 Å². The average molecular weight is 244 g/mol. The van der Waals surface area contributed by atoms with Gasteiger partial charge in [0.1, 0.15) is 0 Å². The van der Waals surface area contributed by atoms with Crippen LogP contribution in [0.2, 0.25) is 0 Å². The zero-order chi connectivity index (χ0) is 12.0. The van der Waals surface area contributed by atoms with E-state index in [9.17, 15) is 4.79 Å². The molecule has 0 bridgehead atoms. The first-order valence-corrected chi connectivity index (χ1v) is 7.49. The van der Waals surface area contributed by atoms with Crippen LogP contribution in [0.1, 0.15) is 52.4 Å². The number of hydrogen-bond donors (Lipinski definition) is 1. The number of aliphatic carboxylic acids is 1. The molecule has 0 heterocycles. The van der Waals surface area contributed by atoms with E-state index in [2.05, 4.69) is 0 Å². The Labute approximate surface area is 103 Å². The number of carbonyl (C=O) groups is 1. The summed E-state index contributed by atoms with van der Waals surface area (Å²) in [5.74, 6) is 2.67. The highest BCUT2D eigenvalue weighted by atomic mass is 32.2. The molecule has 0 unspecified atom stereocenters. The van der Waals surface area contributed by atoms with Crippen LogP contribution in [0, 0.1) is 11.3 Å². The van der Waals surface area contributed by atoms with Gasteiger partial charge >= 0.3 is 5.97 Å². The van der Waals surface area contributed by atoms with Gasteiger partial charge < -0.3 is 5.11 Å². The van der Waals surface area contributed by atoms with Crippen molar-refractivity contribution in [1.82, 2.24) is 0 Å². The van der Waals surface area contributed by atoms with Gasteiger partial charge in [-0.15, -0.1) is 0 Å². The van der Waals surface area contributed by atoms with Crippen molar-refractivity contribution in [2.45, 2.75) is 52.4 Å². The number of hydrogen-bond acceptors (Lipinski definition) is 2. The van der Waals surface area contributed by atoms with Crippen LogP contribution in [0.25, 0.3) is 0 Å². The Bertz CT molecular complexity index is 220. The molecule has 0 aliphatic heterocycles. The molecule has 0 atom stereocenters. The van der Waals surface area contributed by atoms with Crippen molar-refractivity contribution in [2.24, 2.45) is 11.3 Å². The van der Waals surface area contributed by atoms with Gasteiger partial charge in [-0.2, -0.15) is 11.8 Å². The van der Waals surface area contributed by atoms with Crippen molar-refractivity contribution in [1.29, 1.82) is 0 Å². The summed E-state index contributed by atoms with van der Waals surface area (Å²) in [6.07, 6.45) is 7.46. The second kappa shape index (κ2) is 6.53. The molecule has 0 saturated heterocycles. The quantitative estimate of drug-likeness (QED) is 0.692. The maximum absolute atomic E-state index is 10.9. The van der Waals surface area contributed by atoms with Crippen molar-refractivity contribution >= 4 is 17.7 Å². The van der Waals surface area contributed by atoms with Crippen LogP contribution < -0.4 is 0 Å². The van der Waals surface area contributed by atoms with E-state index in [0.29, 0.717) is 0 Å². The van der Waals surface area contributed by atoms with E-state index in [4.69, 9.17) is 5.11 Å². The molecule has 16 heavy (non-hydrogen) atoms. The molecule has 0 aromatic carbocycles. The van der Waals surface area contributed by atoms with Crippen molar-refractivity contribution in [3.05, 3.63) is 0 Å². The molecule has 3 heteroatoms. The van der Waals surface area contributed by atoms with Gasteiger partial charge in [0.2, 0.25) is 0 Å². The lowest BCUT2D eigenvalue weighted by molar-refractivity contribution is -0.147. The maximum atomic E-state index is 10.9. The van der Waals surface area contributed by atoms with Crippen LogP contribution in [0.5, 0.6) is 0 Å². The average Bonchev–Trinajstić information content (AvgIpc) is 2.69. The molecule has 0 aromatic rings. The number of rotatable bonds is 7. The molecule has 2 nitrogen and oxygen atoms in total. The molecule has 0 aromatic heterocycles. The third-order valence-corrected chi connectivity index (χ3v) is 4.78. The van der Waals surface area contributed by atoms with E-state index in [-0.39, 0.29) is 0 Å². The number of carboxylic acids is 1. The SMILES string of the molecule is CC(C)(CCCSCC1CCCC1)C(=O)O. The normalized spacial score (nSPS) is 17.9. The topological polar surface area (TPSA) is 37.3 Å². The van der Waals surface area contributed by atoms with Crippen LogP contribution in [0.4, 0.5) is 0 Å². The Balaban J connectivity index is 2.01. The number of thioether (sulfide) groups is 1. The Hall–Kier alpha value is -0.180. The lowest BCUT2D eigenvalue weighted by Crippen LogP contribution is -2.23. The monoisotopic (exact) mass is 244 g/mol. The molecule has 0 amide bonds. The van der Waals surface area contributed by atoms with Gasteiger partial charge in [0, 0.05) is 0 Å². The van der Waals surface area contributed by atoms with E-state index < -0.39 is 11.4 Å². The summed E-state index contributed by atoms with van der Waals surface area (Å²) in [4.78, 5) is 10.9. The van der Waals surface area contributed by atoms with Gasteiger partial charge in [-0.3, -0.25) is 4.79 Å². The lowest BCUT2D eigenvalue weighted by atomic mass is 9.88. The predicted molar refractivity (Wildman–Crippen MR) is 69.9 cm³/mol. The molecule has 1 fully saturated rings. The largest absolute Gasteiger partial charge is 0.481 e. The summed E-state index contributed by atoms with van der Waals surface area (Å²) >= 11 is 2.01. The molecule has 1 N–H and O–H groups in total. The van der Waals surface area contributed by atoms with E-state index in [0.717, 1.165) is 24.5 Å². The van der Waals surface area contributed by atoms with Crippen LogP contribution in [0.15, 0.2) is 0 Å². The smallest absolute Gasteiger partial charge is 0.309 e. The molecule has 0 radical (unpaired) electrons. The molecule has 1 aliphatic carbocycles. The summed E-state index contributed by atoms with van der Waals surface area (Å²) in [7, 11) is 0. The lowest BCUT2D eigenvalue weighted by Gasteiger charge is -2.18. The minimum atomic E-state index is -0.673. The van der Waals surface area contributed by atoms with Crippen LogP contribution in [0.3, 0.4) is 0 Å². The van der Waals surface area contributed by atoms with Crippen molar-refractivity contribution in [3.63, 3.8) is 0 Å².